The Kier molecular flexibility index (Phi) is 2.87. The molecule has 7 heteroatoms. The van der Waals surface area contributed by atoms with Gasteiger partial charge in [-0.1, -0.05) is 0 Å². The van der Waals surface area contributed by atoms with Gasteiger partial charge in [-0.15, -0.1) is 11.6 Å². The van der Waals surface area contributed by atoms with Crippen molar-refractivity contribution in [2.75, 3.05) is 7.11 Å². The molecule has 6 nitrogen and oxygen atoms in total. The highest BCUT2D eigenvalue weighted by Gasteiger charge is 2.14. The largest absolute Gasteiger partial charge is 0.481 e. The van der Waals surface area contributed by atoms with Gasteiger partial charge in [0.1, 0.15) is 11.3 Å². The number of alkyl halides is 1. The van der Waals surface area contributed by atoms with Gasteiger partial charge in [-0.2, -0.15) is 10.1 Å². The van der Waals surface area contributed by atoms with Crippen molar-refractivity contribution in [3.05, 3.63) is 30.4 Å². The summed E-state index contributed by atoms with van der Waals surface area (Å²) >= 11 is 5.96. The predicted molar refractivity (Wildman–Crippen MR) is 71.7 cm³/mol. The Bertz CT molecular complexity index is 733. The number of halogens is 1. The average Bonchev–Trinajstić information content (AvgIpc) is 3.00. The first-order chi connectivity index (χ1) is 9.22. The number of pyridine rings is 1. The van der Waals surface area contributed by atoms with Crippen molar-refractivity contribution >= 4 is 22.8 Å². The Morgan fingerprint density at radius 2 is 2.16 bits per heavy atom. The molecule has 0 atom stereocenters. The SMILES string of the molecule is COc1ccc2nc(CCl)n(-c3cnn(C)c3)c2n1. The monoisotopic (exact) mass is 277 g/mol. The van der Waals surface area contributed by atoms with Gasteiger partial charge in [0.25, 0.3) is 0 Å². The summed E-state index contributed by atoms with van der Waals surface area (Å²) in [6, 6.07) is 3.64. The van der Waals surface area contributed by atoms with Crippen LogP contribution < -0.4 is 4.74 Å². The number of imidazole rings is 1. The molecule has 0 aliphatic heterocycles. The fourth-order valence-corrected chi connectivity index (χ4v) is 2.16. The third-order valence-electron chi connectivity index (χ3n) is 2.83. The van der Waals surface area contributed by atoms with E-state index in [1.54, 1.807) is 24.1 Å². The third-order valence-corrected chi connectivity index (χ3v) is 3.07. The summed E-state index contributed by atoms with van der Waals surface area (Å²) in [5.74, 6) is 1.57. The number of hydrogen-bond donors (Lipinski definition) is 0. The Labute approximate surface area is 114 Å². The summed E-state index contributed by atoms with van der Waals surface area (Å²) in [5, 5.41) is 4.16. The maximum atomic E-state index is 5.96. The number of methoxy groups -OCH3 is 1. The Morgan fingerprint density at radius 1 is 1.32 bits per heavy atom. The minimum atomic E-state index is 0.299. The molecule has 0 aliphatic carbocycles. The molecule has 0 bridgehead atoms. The fourth-order valence-electron chi connectivity index (χ4n) is 1.99. The van der Waals surface area contributed by atoms with Crippen molar-refractivity contribution in [3.63, 3.8) is 0 Å². The molecule has 3 aromatic heterocycles. The molecule has 0 aromatic carbocycles. The first-order valence-electron chi connectivity index (χ1n) is 5.70. The van der Waals surface area contributed by atoms with Gasteiger partial charge in [-0.25, -0.2) is 4.98 Å². The summed E-state index contributed by atoms with van der Waals surface area (Å²) < 4.78 is 8.76. The van der Waals surface area contributed by atoms with Crippen LogP contribution in [0.5, 0.6) is 5.88 Å². The van der Waals surface area contributed by atoms with Gasteiger partial charge in [0.15, 0.2) is 5.65 Å². The lowest BCUT2D eigenvalue weighted by molar-refractivity contribution is 0.399. The van der Waals surface area contributed by atoms with Crippen molar-refractivity contribution < 1.29 is 4.74 Å². The van der Waals surface area contributed by atoms with Crippen LogP contribution in [0.3, 0.4) is 0 Å². The first kappa shape index (κ1) is 12.0. The van der Waals surface area contributed by atoms with Crippen LogP contribution >= 0.6 is 11.6 Å². The summed E-state index contributed by atoms with van der Waals surface area (Å²) in [5.41, 5.74) is 2.37. The molecular weight excluding hydrogens is 266 g/mol. The molecule has 19 heavy (non-hydrogen) atoms. The minimum Gasteiger partial charge on any atom is -0.481 e. The van der Waals surface area contributed by atoms with Crippen LogP contribution in [-0.2, 0) is 12.9 Å². The lowest BCUT2D eigenvalue weighted by Gasteiger charge is -2.04. The topological polar surface area (TPSA) is 57.8 Å². The second-order valence-electron chi connectivity index (χ2n) is 4.07. The molecule has 3 aromatic rings. The molecule has 0 spiro atoms. The number of rotatable bonds is 3. The highest BCUT2D eigenvalue weighted by molar-refractivity contribution is 6.16. The molecule has 0 saturated carbocycles. The molecule has 0 fully saturated rings. The van der Waals surface area contributed by atoms with E-state index in [4.69, 9.17) is 16.3 Å². The number of fused-ring (bicyclic) bond motifs is 1. The molecular formula is C12H12ClN5O. The van der Waals surface area contributed by atoms with E-state index in [1.807, 2.05) is 23.9 Å². The molecule has 0 aliphatic rings. The number of ether oxygens (including phenoxy) is 1. The van der Waals surface area contributed by atoms with E-state index in [9.17, 15) is 0 Å². The van der Waals surface area contributed by atoms with Crippen molar-refractivity contribution in [3.8, 4) is 11.6 Å². The summed E-state index contributed by atoms with van der Waals surface area (Å²) in [4.78, 5) is 8.90. The zero-order chi connectivity index (χ0) is 13.4. The van der Waals surface area contributed by atoms with Gasteiger partial charge in [0, 0.05) is 19.3 Å². The summed E-state index contributed by atoms with van der Waals surface area (Å²) in [6.07, 6.45) is 3.64. The van der Waals surface area contributed by atoms with Crippen molar-refractivity contribution in [2.45, 2.75) is 5.88 Å². The zero-order valence-electron chi connectivity index (χ0n) is 10.5. The lowest BCUT2D eigenvalue weighted by atomic mass is 10.4. The molecule has 3 heterocycles. The quantitative estimate of drug-likeness (QED) is 0.686. The van der Waals surface area contributed by atoms with E-state index in [-0.39, 0.29) is 0 Å². The number of aromatic nitrogens is 5. The van der Waals surface area contributed by atoms with Crippen LogP contribution in [-0.4, -0.2) is 31.4 Å². The third kappa shape index (κ3) is 1.94. The smallest absolute Gasteiger partial charge is 0.215 e. The second-order valence-corrected chi connectivity index (χ2v) is 4.33. The van der Waals surface area contributed by atoms with E-state index >= 15 is 0 Å². The molecule has 0 N–H and O–H groups in total. The molecule has 3 rings (SSSR count). The molecule has 98 valence electrons. The van der Waals surface area contributed by atoms with Crippen LogP contribution in [0, 0.1) is 0 Å². The number of nitrogens with zero attached hydrogens (tertiary/aromatic N) is 5. The Morgan fingerprint density at radius 3 is 2.79 bits per heavy atom. The van der Waals surface area contributed by atoms with Gasteiger partial charge in [-0.05, 0) is 6.07 Å². The van der Waals surface area contributed by atoms with E-state index < -0.39 is 0 Å². The van der Waals surface area contributed by atoms with Gasteiger partial charge < -0.3 is 4.74 Å². The van der Waals surface area contributed by atoms with Crippen molar-refractivity contribution in [2.24, 2.45) is 7.05 Å². The molecule has 0 unspecified atom stereocenters. The maximum Gasteiger partial charge on any atom is 0.215 e. The number of aryl methyl sites for hydroxylation is 1. The maximum absolute atomic E-state index is 5.96. The van der Waals surface area contributed by atoms with E-state index in [0.717, 1.165) is 17.0 Å². The normalized spacial score (nSPS) is 11.1. The Hall–Kier alpha value is -2.08. The van der Waals surface area contributed by atoms with E-state index in [1.165, 1.54) is 0 Å². The van der Waals surface area contributed by atoms with Crippen LogP contribution in [0.4, 0.5) is 0 Å². The lowest BCUT2D eigenvalue weighted by Crippen LogP contribution is -1.99. The highest BCUT2D eigenvalue weighted by atomic mass is 35.5. The first-order valence-corrected chi connectivity index (χ1v) is 6.23. The fraction of sp³-hybridized carbons (Fsp3) is 0.250. The molecule has 0 saturated heterocycles. The van der Waals surface area contributed by atoms with E-state index in [2.05, 4.69) is 15.1 Å². The van der Waals surface area contributed by atoms with Gasteiger partial charge in [0.2, 0.25) is 5.88 Å². The number of hydrogen-bond acceptors (Lipinski definition) is 4. The zero-order valence-corrected chi connectivity index (χ0v) is 11.3. The summed E-state index contributed by atoms with van der Waals surface area (Å²) in [6.45, 7) is 0. The summed E-state index contributed by atoms with van der Waals surface area (Å²) in [7, 11) is 3.44. The minimum absolute atomic E-state index is 0.299. The second kappa shape index (κ2) is 4.55. The predicted octanol–water partition coefficient (Wildman–Crippen LogP) is 1.90. The van der Waals surface area contributed by atoms with Crippen LogP contribution in [0.2, 0.25) is 0 Å². The van der Waals surface area contributed by atoms with Crippen LogP contribution in [0.1, 0.15) is 5.82 Å². The van der Waals surface area contributed by atoms with E-state index in [0.29, 0.717) is 17.4 Å². The van der Waals surface area contributed by atoms with Gasteiger partial charge >= 0.3 is 0 Å². The Balaban J connectivity index is 2.30. The van der Waals surface area contributed by atoms with Crippen LogP contribution in [0.15, 0.2) is 24.5 Å². The average molecular weight is 278 g/mol. The van der Waals surface area contributed by atoms with Gasteiger partial charge in [-0.3, -0.25) is 9.25 Å². The molecule has 0 radical (unpaired) electrons. The van der Waals surface area contributed by atoms with Gasteiger partial charge in [0.05, 0.1) is 24.9 Å². The standard InChI is InChI=1S/C12H12ClN5O/c1-17-7-8(6-14-17)18-10(5-13)15-9-3-4-11(19-2)16-12(9)18/h3-4,6-7H,5H2,1-2H3. The van der Waals surface area contributed by atoms with Crippen molar-refractivity contribution in [1.82, 2.24) is 24.3 Å². The van der Waals surface area contributed by atoms with Crippen LogP contribution in [0.25, 0.3) is 16.9 Å². The van der Waals surface area contributed by atoms with Crippen molar-refractivity contribution in [1.29, 1.82) is 0 Å². The molecule has 0 amide bonds. The highest BCUT2D eigenvalue weighted by Crippen LogP contribution is 2.23.